The van der Waals surface area contributed by atoms with Crippen LogP contribution in [0, 0.1) is 4.77 Å². The van der Waals surface area contributed by atoms with Gasteiger partial charge < -0.3 is 10.1 Å². The van der Waals surface area contributed by atoms with E-state index < -0.39 is 5.56 Å². The Morgan fingerprint density at radius 1 is 1.29 bits per heavy atom. The number of rotatable bonds is 2. The molecule has 1 saturated carbocycles. The van der Waals surface area contributed by atoms with Crippen molar-refractivity contribution in [1.29, 1.82) is 0 Å². The van der Waals surface area contributed by atoms with Crippen molar-refractivity contribution in [2.24, 2.45) is 4.99 Å². The van der Waals surface area contributed by atoms with Gasteiger partial charge >= 0.3 is 0 Å². The number of hydrogen-bond acceptors (Lipinski definition) is 4. The molecule has 1 aliphatic carbocycles. The van der Waals surface area contributed by atoms with Gasteiger partial charge in [0.2, 0.25) is 5.88 Å². The first kappa shape index (κ1) is 12.0. The lowest BCUT2D eigenvalue weighted by Gasteiger charge is -2.16. The van der Waals surface area contributed by atoms with Gasteiger partial charge in [0.05, 0.1) is 0 Å². The van der Waals surface area contributed by atoms with Gasteiger partial charge in [0.1, 0.15) is 5.56 Å². The van der Waals surface area contributed by atoms with E-state index in [1.807, 2.05) is 0 Å². The standard InChI is InChI=1S/C11H15N3O2S/c15-9-8(10(16)14-11(17)13-9)6-12-7-4-2-1-3-5-7/h6-7H,1-5H2,(H3,13,14,15,16,17). The highest BCUT2D eigenvalue weighted by atomic mass is 32.1. The van der Waals surface area contributed by atoms with Crippen molar-refractivity contribution in [2.45, 2.75) is 38.1 Å². The summed E-state index contributed by atoms with van der Waals surface area (Å²) in [4.78, 5) is 20.8. The Balaban J connectivity index is 2.20. The molecule has 1 aliphatic rings. The minimum atomic E-state index is -0.411. The Bertz CT molecular complexity index is 526. The smallest absolute Gasteiger partial charge is 0.264 e. The number of aliphatic imine (C=N–C) groups is 1. The van der Waals surface area contributed by atoms with Crippen molar-refractivity contribution in [3.63, 3.8) is 0 Å². The van der Waals surface area contributed by atoms with Crippen LogP contribution < -0.4 is 5.56 Å². The molecule has 6 heteroatoms. The number of aromatic hydroxyl groups is 1. The number of nitrogens with zero attached hydrogens (tertiary/aromatic N) is 1. The van der Waals surface area contributed by atoms with Gasteiger partial charge in [0.25, 0.3) is 5.56 Å². The summed E-state index contributed by atoms with van der Waals surface area (Å²) in [6, 6.07) is 0.269. The Kier molecular flexibility index (Phi) is 3.73. The molecular weight excluding hydrogens is 238 g/mol. The van der Waals surface area contributed by atoms with Gasteiger partial charge in [-0.25, -0.2) is 0 Å². The Labute approximate surface area is 104 Å². The van der Waals surface area contributed by atoms with E-state index >= 15 is 0 Å². The second-order valence-corrected chi connectivity index (χ2v) is 4.65. The van der Waals surface area contributed by atoms with E-state index in [9.17, 15) is 9.90 Å². The fourth-order valence-electron chi connectivity index (χ4n) is 2.01. The molecule has 0 aliphatic heterocycles. The van der Waals surface area contributed by atoms with E-state index in [-0.39, 0.29) is 22.3 Å². The van der Waals surface area contributed by atoms with Crippen LogP contribution in [0.1, 0.15) is 37.7 Å². The Morgan fingerprint density at radius 2 is 2.00 bits per heavy atom. The minimum Gasteiger partial charge on any atom is -0.494 e. The largest absolute Gasteiger partial charge is 0.494 e. The molecule has 1 aromatic rings. The molecule has 0 radical (unpaired) electrons. The maximum absolute atomic E-state index is 11.5. The molecule has 1 heterocycles. The summed E-state index contributed by atoms with van der Waals surface area (Å²) in [5.74, 6) is -0.224. The third-order valence-electron chi connectivity index (χ3n) is 2.95. The van der Waals surface area contributed by atoms with Gasteiger partial charge in [0.15, 0.2) is 4.77 Å². The Morgan fingerprint density at radius 3 is 2.65 bits per heavy atom. The third-order valence-corrected chi connectivity index (χ3v) is 3.15. The molecule has 0 aromatic carbocycles. The summed E-state index contributed by atoms with van der Waals surface area (Å²) < 4.78 is 0.113. The minimum absolute atomic E-state index is 0.113. The van der Waals surface area contributed by atoms with Gasteiger partial charge in [-0.15, -0.1) is 0 Å². The SMILES string of the molecule is O=c1[nH]c(=S)[nH]c(O)c1C=NC1CCCCC1. The zero-order valence-corrected chi connectivity index (χ0v) is 10.2. The van der Waals surface area contributed by atoms with Crippen molar-refractivity contribution in [3.8, 4) is 5.88 Å². The zero-order valence-electron chi connectivity index (χ0n) is 9.40. The lowest BCUT2D eigenvalue weighted by molar-refractivity contribution is 0.442. The third kappa shape index (κ3) is 3.03. The van der Waals surface area contributed by atoms with E-state index in [1.165, 1.54) is 25.5 Å². The van der Waals surface area contributed by atoms with Crippen LogP contribution in [0.4, 0.5) is 0 Å². The van der Waals surface area contributed by atoms with Crippen LogP contribution in [0.3, 0.4) is 0 Å². The lowest BCUT2D eigenvalue weighted by Crippen LogP contribution is -2.15. The van der Waals surface area contributed by atoms with E-state index in [0.29, 0.717) is 0 Å². The molecule has 0 saturated heterocycles. The Hall–Kier alpha value is -1.43. The van der Waals surface area contributed by atoms with Gasteiger partial charge in [0, 0.05) is 12.3 Å². The molecule has 1 aromatic heterocycles. The molecular formula is C11H15N3O2S. The van der Waals surface area contributed by atoms with Crippen LogP contribution in [0.25, 0.3) is 0 Å². The quantitative estimate of drug-likeness (QED) is 0.556. The van der Waals surface area contributed by atoms with Crippen LogP contribution in [0.15, 0.2) is 9.79 Å². The first-order valence-corrected chi connectivity index (χ1v) is 6.16. The normalized spacial score (nSPS) is 17.6. The summed E-state index contributed by atoms with van der Waals surface area (Å²) in [5, 5.41) is 9.57. The van der Waals surface area contributed by atoms with Crippen LogP contribution >= 0.6 is 12.2 Å². The lowest BCUT2D eigenvalue weighted by atomic mass is 9.96. The average molecular weight is 253 g/mol. The molecule has 2 rings (SSSR count). The molecule has 0 unspecified atom stereocenters. The number of aromatic nitrogens is 2. The molecule has 0 amide bonds. The topological polar surface area (TPSA) is 81.2 Å². The van der Waals surface area contributed by atoms with Gasteiger partial charge in [-0.2, -0.15) is 0 Å². The summed E-state index contributed by atoms with van der Waals surface area (Å²) in [6.07, 6.45) is 7.17. The zero-order chi connectivity index (χ0) is 12.3. The maximum Gasteiger partial charge on any atom is 0.264 e. The van der Waals surface area contributed by atoms with Crippen LogP contribution in [-0.2, 0) is 0 Å². The predicted molar refractivity (Wildman–Crippen MR) is 68.4 cm³/mol. The number of nitrogens with one attached hydrogen (secondary N) is 2. The maximum atomic E-state index is 11.5. The van der Waals surface area contributed by atoms with E-state index in [4.69, 9.17) is 12.2 Å². The fraction of sp³-hybridized carbons (Fsp3) is 0.545. The number of H-pyrrole nitrogens is 2. The molecule has 0 spiro atoms. The molecule has 3 N–H and O–H groups in total. The summed E-state index contributed by atoms with van der Waals surface area (Å²) in [5.41, 5.74) is -0.269. The summed E-state index contributed by atoms with van der Waals surface area (Å²) >= 11 is 4.74. The highest BCUT2D eigenvalue weighted by Gasteiger charge is 2.12. The van der Waals surface area contributed by atoms with Gasteiger partial charge in [-0.05, 0) is 25.1 Å². The summed E-state index contributed by atoms with van der Waals surface area (Å²) in [7, 11) is 0. The van der Waals surface area contributed by atoms with Crippen LogP contribution in [0.5, 0.6) is 5.88 Å². The van der Waals surface area contributed by atoms with Crippen LogP contribution in [-0.4, -0.2) is 27.3 Å². The van der Waals surface area contributed by atoms with E-state index in [2.05, 4.69) is 15.0 Å². The summed E-state index contributed by atoms with van der Waals surface area (Å²) in [6.45, 7) is 0. The van der Waals surface area contributed by atoms with Gasteiger partial charge in [-0.3, -0.25) is 14.8 Å². The van der Waals surface area contributed by atoms with Crippen molar-refractivity contribution in [1.82, 2.24) is 9.97 Å². The van der Waals surface area contributed by atoms with Crippen molar-refractivity contribution in [3.05, 3.63) is 20.7 Å². The molecule has 92 valence electrons. The monoisotopic (exact) mass is 253 g/mol. The van der Waals surface area contributed by atoms with Crippen molar-refractivity contribution < 1.29 is 5.11 Å². The van der Waals surface area contributed by atoms with Gasteiger partial charge in [-0.1, -0.05) is 19.3 Å². The molecule has 0 atom stereocenters. The number of hydrogen-bond donors (Lipinski definition) is 3. The molecule has 17 heavy (non-hydrogen) atoms. The van der Waals surface area contributed by atoms with E-state index in [1.54, 1.807) is 0 Å². The fourth-order valence-corrected chi connectivity index (χ4v) is 2.20. The van der Waals surface area contributed by atoms with Crippen molar-refractivity contribution >= 4 is 18.4 Å². The highest BCUT2D eigenvalue weighted by Crippen LogP contribution is 2.20. The first-order valence-electron chi connectivity index (χ1n) is 5.75. The second kappa shape index (κ2) is 5.27. The van der Waals surface area contributed by atoms with E-state index in [0.717, 1.165) is 12.8 Å². The van der Waals surface area contributed by atoms with Crippen LogP contribution in [0.2, 0.25) is 0 Å². The molecule has 0 bridgehead atoms. The first-order chi connectivity index (χ1) is 8.16. The second-order valence-electron chi connectivity index (χ2n) is 4.24. The molecule has 5 nitrogen and oxygen atoms in total. The average Bonchev–Trinajstić information content (AvgIpc) is 2.29. The van der Waals surface area contributed by atoms with Crippen molar-refractivity contribution in [2.75, 3.05) is 0 Å². The molecule has 1 fully saturated rings. The predicted octanol–water partition coefficient (Wildman–Crippen LogP) is 1.89. The number of aromatic amines is 2. The highest BCUT2D eigenvalue weighted by molar-refractivity contribution is 7.71.